The van der Waals surface area contributed by atoms with Gasteiger partial charge in [0.2, 0.25) is 5.91 Å². The van der Waals surface area contributed by atoms with Crippen molar-refractivity contribution in [3.8, 4) is 0 Å². The highest BCUT2D eigenvalue weighted by molar-refractivity contribution is 7.15. The second-order valence-electron chi connectivity index (χ2n) is 10.1. The lowest BCUT2D eigenvalue weighted by Gasteiger charge is -2.36. The number of carbonyl (C=O) groups is 1. The zero-order valence-corrected chi connectivity index (χ0v) is 21.6. The molecule has 0 aliphatic heterocycles. The molecule has 5 nitrogen and oxygen atoms in total. The van der Waals surface area contributed by atoms with Crippen LogP contribution in [-0.2, 0) is 17.6 Å². The minimum atomic E-state index is 0.0273. The molecule has 0 radical (unpaired) electrons. The van der Waals surface area contributed by atoms with Crippen LogP contribution in [0, 0.1) is 12.8 Å². The molecule has 184 valence electrons. The normalized spacial score (nSPS) is 22.7. The number of nitrogens with one attached hydrogen (secondary N) is 1. The van der Waals surface area contributed by atoms with Gasteiger partial charge in [-0.3, -0.25) is 4.79 Å². The van der Waals surface area contributed by atoms with Gasteiger partial charge in [0.25, 0.3) is 0 Å². The van der Waals surface area contributed by atoms with Gasteiger partial charge in [-0.15, -0.1) is 11.3 Å². The second kappa shape index (κ2) is 12.0. The van der Waals surface area contributed by atoms with Gasteiger partial charge in [-0.25, -0.2) is 4.98 Å². The fraction of sp³-hybridized carbons (Fsp3) is 0.571. The quantitative estimate of drug-likeness (QED) is 0.473. The van der Waals surface area contributed by atoms with Crippen LogP contribution in [0.5, 0.6) is 0 Å². The van der Waals surface area contributed by atoms with Gasteiger partial charge in [0.15, 0.2) is 5.13 Å². The van der Waals surface area contributed by atoms with Gasteiger partial charge in [0.1, 0.15) is 0 Å². The predicted molar refractivity (Wildman–Crippen MR) is 143 cm³/mol. The number of fused-ring (bicyclic) bond motifs is 1. The summed E-state index contributed by atoms with van der Waals surface area (Å²) < 4.78 is 0. The Morgan fingerprint density at radius 2 is 2.06 bits per heavy atom. The molecule has 34 heavy (non-hydrogen) atoms. The number of nitrogens with zero attached hydrogens (tertiary/aromatic N) is 2. The lowest BCUT2D eigenvalue weighted by atomic mass is 9.83. The first-order chi connectivity index (χ1) is 16.5. The molecular formula is C28H40N4OS. The van der Waals surface area contributed by atoms with Crippen molar-refractivity contribution in [1.82, 2.24) is 15.2 Å². The van der Waals surface area contributed by atoms with Crippen LogP contribution in [0.1, 0.15) is 73.6 Å². The van der Waals surface area contributed by atoms with Crippen molar-refractivity contribution in [3.05, 3.63) is 52.0 Å². The fourth-order valence-corrected chi connectivity index (χ4v) is 6.54. The third-order valence-corrected chi connectivity index (χ3v) is 8.39. The average Bonchev–Trinajstić information content (AvgIpc) is 3.20. The summed E-state index contributed by atoms with van der Waals surface area (Å²) in [5.41, 5.74) is 9.47. The molecule has 1 amide bonds. The van der Waals surface area contributed by atoms with Crippen molar-refractivity contribution >= 4 is 28.5 Å². The van der Waals surface area contributed by atoms with Crippen molar-refractivity contribution < 1.29 is 4.79 Å². The van der Waals surface area contributed by atoms with Gasteiger partial charge in [0.05, 0.1) is 5.69 Å². The van der Waals surface area contributed by atoms with E-state index < -0.39 is 0 Å². The van der Waals surface area contributed by atoms with Crippen LogP contribution >= 0.6 is 11.3 Å². The Kier molecular flexibility index (Phi) is 8.79. The third kappa shape index (κ3) is 6.92. The van der Waals surface area contributed by atoms with E-state index >= 15 is 0 Å². The van der Waals surface area contributed by atoms with Crippen LogP contribution in [0.15, 0.2) is 30.3 Å². The van der Waals surface area contributed by atoms with Gasteiger partial charge >= 0.3 is 0 Å². The van der Waals surface area contributed by atoms with E-state index in [4.69, 9.17) is 5.73 Å². The minimum Gasteiger partial charge on any atom is -0.375 e. The molecule has 0 bridgehead atoms. The number of anilines is 1. The maximum atomic E-state index is 12.4. The van der Waals surface area contributed by atoms with Gasteiger partial charge in [-0.2, -0.15) is 0 Å². The molecular weight excluding hydrogens is 440 g/mol. The summed E-state index contributed by atoms with van der Waals surface area (Å²) in [6, 6.07) is 9.16. The molecule has 1 heterocycles. The number of nitrogen functional groups attached to an aromatic ring is 1. The van der Waals surface area contributed by atoms with E-state index in [0.717, 1.165) is 42.3 Å². The maximum Gasteiger partial charge on any atom is 0.244 e. The summed E-state index contributed by atoms with van der Waals surface area (Å²) in [4.78, 5) is 21.0. The number of benzene rings is 1. The Hall–Kier alpha value is -2.18. The molecule has 1 fully saturated rings. The number of aryl methyl sites for hydroxylation is 2. The van der Waals surface area contributed by atoms with Gasteiger partial charge in [0, 0.05) is 23.0 Å². The van der Waals surface area contributed by atoms with Crippen molar-refractivity contribution in [3.63, 3.8) is 0 Å². The van der Waals surface area contributed by atoms with Crippen LogP contribution in [0.2, 0.25) is 0 Å². The smallest absolute Gasteiger partial charge is 0.244 e. The highest BCUT2D eigenvalue weighted by atomic mass is 32.1. The van der Waals surface area contributed by atoms with Crippen molar-refractivity contribution in [2.45, 2.75) is 83.7 Å². The van der Waals surface area contributed by atoms with E-state index in [1.54, 1.807) is 17.4 Å². The average molecular weight is 481 g/mol. The lowest BCUT2D eigenvalue weighted by Crippen LogP contribution is -2.41. The number of amides is 1. The number of rotatable bonds is 9. The Bertz CT molecular complexity index is 977. The Morgan fingerprint density at radius 1 is 1.24 bits per heavy atom. The molecule has 1 aromatic carbocycles. The Balaban J connectivity index is 1.20. The molecule has 2 aliphatic rings. The van der Waals surface area contributed by atoms with Crippen molar-refractivity contribution in [1.29, 1.82) is 0 Å². The minimum absolute atomic E-state index is 0.0273. The molecule has 2 aliphatic carbocycles. The molecule has 4 rings (SSSR count). The number of carbonyl (C=O) groups excluding carboxylic acids is 1. The first-order valence-corrected chi connectivity index (χ1v) is 13.8. The van der Waals surface area contributed by atoms with E-state index in [0.29, 0.717) is 12.1 Å². The number of nitrogens with two attached hydrogens (primary N) is 1. The van der Waals surface area contributed by atoms with Crippen LogP contribution in [0.25, 0.3) is 6.08 Å². The van der Waals surface area contributed by atoms with Crippen LogP contribution in [-0.4, -0.2) is 41.0 Å². The van der Waals surface area contributed by atoms with Gasteiger partial charge < -0.3 is 16.0 Å². The highest BCUT2D eigenvalue weighted by Crippen LogP contribution is 2.32. The van der Waals surface area contributed by atoms with Crippen molar-refractivity contribution in [2.75, 3.05) is 18.8 Å². The Labute approximate surface area is 208 Å². The summed E-state index contributed by atoms with van der Waals surface area (Å²) in [5.74, 6) is 0.799. The zero-order chi connectivity index (χ0) is 23.9. The van der Waals surface area contributed by atoms with Gasteiger partial charge in [-0.05, 0) is 95.4 Å². The lowest BCUT2D eigenvalue weighted by molar-refractivity contribution is -0.117. The van der Waals surface area contributed by atoms with E-state index in [-0.39, 0.29) is 5.91 Å². The number of hydrogen-bond acceptors (Lipinski definition) is 5. The second-order valence-corrected chi connectivity index (χ2v) is 11.2. The highest BCUT2D eigenvalue weighted by Gasteiger charge is 2.28. The molecule has 1 aromatic heterocycles. The molecule has 0 spiro atoms. The van der Waals surface area contributed by atoms with E-state index in [1.807, 2.05) is 18.2 Å². The van der Waals surface area contributed by atoms with Crippen molar-refractivity contribution in [2.24, 2.45) is 5.92 Å². The molecule has 1 atom stereocenters. The molecule has 2 aromatic rings. The first-order valence-electron chi connectivity index (χ1n) is 13.0. The third-order valence-electron chi connectivity index (χ3n) is 7.44. The van der Waals surface area contributed by atoms with Crippen LogP contribution in [0.4, 0.5) is 5.13 Å². The molecule has 3 N–H and O–H groups in total. The largest absolute Gasteiger partial charge is 0.375 e. The monoisotopic (exact) mass is 480 g/mol. The molecule has 1 unspecified atom stereocenters. The SMILES string of the molecule is CCCN(CCC1CCC(NC(=O)C=Cc2cccc(C)c2)CC1)C1CCc2nc(N)sc2C1. The summed E-state index contributed by atoms with van der Waals surface area (Å²) >= 11 is 1.68. The molecule has 1 saturated carbocycles. The summed E-state index contributed by atoms with van der Waals surface area (Å²) in [6.07, 6.45) is 14.0. The number of thiazole rings is 1. The number of aromatic nitrogens is 1. The van der Waals surface area contributed by atoms with E-state index in [9.17, 15) is 4.79 Å². The Morgan fingerprint density at radius 3 is 2.82 bits per heavy atom. The van der Waals surface area contributed by atoms with Crippen LogP contribution < -0.4 is 11.1 Å². The zero-order valence-electron chi connectivity index (χ0n) is 20.8. The maximum absolute atomic E-state index is 12.4. The summed E-state index contributed by atoms with van der Waals surface area (Å²) in [5, 5.41) is 3.95. The van der Waals surface area contributed by atoms with Crippen LogP contribution in [0.3, 0.4) is 0 Å². The molecule has 0 saturated heterocycles. The first kappa shape index (κ1) is 24.9. The fourth-order valence-electron chi connectivity index (χ4n) is 5.59. The topological polar surface area (TPSA) is 71.2 Å². The van der Waals surface area contributed by atoms with Gasteiger partial charge in [-0.1, -0.05) is 36.8 Å². The summed E-state index contributed by atoms with van der Waals surface area (Å²) in [6.45, 7) is 6.71. The predicted octanol–water partition coefficient (Wildman–Crippen LogP) is 5.38. The standard InChI is InChI=1S/C28H40N4OS/c1-3-16-32(24-12-13-25-26(19-24)34-28(29)31-25)17-15-21-7-10-23(11-8-21)30-27(33)14-9-22-6-4-5-20(2)18-22/h4-6,9,14,18,21,23-24H,3,7-8,10-13,15-17,19H2,1-2H3,(H2,29,31)(H,30,33). The summed E-state index contributed by atoms with van der Waals surface area (Å²) in [7, 11) is 0. The van der Waals surface area contributed by atoms with E-state index in [1.165, 1.54) is 61.3 Å². The molecule has 6 heteroatoms. The van der Waals surface area contributed by atoms with E-state index in [2.05, 4.69) is 41.2 Å². The number of hydrogen-bond donors (Lipinski definition) is 2.